The molecule has 4 rings (SSSR count). The number of aromatic nitrogens is 2. The highest BCUT2D eigenvalue weighted by atomic mass is 32.2. The maximum Gasteiger partial charge on any atom is 0.333 e. The number of esters is 1. The van der Waals surface area contributed by atoms with Gasteiger partial charge in [-0.25, -0.2) is 9.78 Å². The van der Waals surface area contributed by atoms with Gasteiger partial charge >= 0.3 is 5.97 Å². The van der Waals surface area contributed by atoms with Crippen LogP contribution in [0.4, 0.5) is 0 Å². The third kappa shape index (κ3) is 3.41. The van der Waals surface area contributed by atoms with Gasteiger partial charge in [-0.1, -0.05) is 11.8 Å². The Labute approximate surface area is 164 Å². The summed E-state index contributed by atoms with van der Waals surface area (Å²) < 4.78 is 6.48. The standard InChI is InChI=1S/C18H19N3O4S2/c1-2-25-15(23)8-14-21(13(22)9-26-14)7-6-20-10-19-17-16(18(20)24)11-4-3-5-12(11)27-17/h8,10H,2-7,9H2,1H3/b14-8-. The van der Waals surface area contributed by atoms with Crippen LogP contribution in [0.5, 0.6) is 0 Å². The number of carbonyl (C=O) groups excluding carboxylic acids is 2. The van der Waals surface area contributed by atoms with Crippen LogP contribution in [-0.2, 0) is 33.7 Å². The van der Waals surface area contributed by atoms with Crippen LogP contribution < -0.4 is 5.56 Å². The van der Waals surface area contributed by atoms with Gasteiger partial charge < -0.3 is 9.64 Å². The van der Waals surface area contributed by atoms with Crippen molar-refractivity contribution in [2.45, 2.75) is 32.7 Å². The van der Waals surface area contributed by atoms with Gasteiger partial charge in [0, 0.05) is 18.0 Å². The molecule has 0 aromatic carbocycles. The summed E-state index contributed by atoms with van der Waals surface area (Å²) in [7, 11) is 0. The molecule has 1 saturated heterocycles. The van der Waals surface area contributed by atoms with Crippen LogP contribution in [0.25, 0.3) is 10.2 Å². The van der Waals surface area contributed by atoms with E-state index in [-0.39, 0.29) is 23.8 Å². The van der Waals surface area contributed by atoms with E-state index < -0.39 is 5.97 Å². The monoisotopic (exact) mass is 405 g/mol. The summed E-state index contributed by atoms with van der Waals surface area (Å²) in [5.41, 5.74) is 1.10. The molecule has 0 bridgehead atoms. The van der Waals surface area contributed by atoms with E-state index >= 15 is 0 Å². The van der Waals surface area contributed by atoms with Crippen molar-refractivity contribution in [2.24, 2.45) is 0 Å². The first kappa shape index (κ1) is 18.2. The van der Waals surface area contributed by atoms with Gasteiger partial charge in [0.05, 0.1) is 35.2 Å². The number of carbonyl (C=O) groups is 2. The van der Waals surface area contributed by atoms with Gasteiger partial charge in [-0.3, -0.25) is 14.2 Å². The number of aryl methyl sites for hydroxylation is 2. The fourth-order valence-corrected chi connectivity index (χ4v) is 5.62. The second kappa shape index (κ2) is 7.47. The minimum Gasteiger partial charge on any atom is -0.463 e. The van der Waals surface area contributed by atoms with Gasteiger partial charge in [0.1, 0.15) is 4.83 Å². The van der Waals surface area contributed by atoms with E-state index in [9.17, 15) is 14.4 Å². The molecule has 3 heterocycles. The second-order valence-electron chi connectivity index (χ2n) is 6.35. The van der Waals surface area contributed by atoms with Gasteiger partial charge in [0.15, 0.2) is 0 Å². The fraction of sp³-hybridized carbons (Fsp3) is 0.444. The minimum atomic E-state index is -0.464. The Hall–Kier alpha value is -2.13. The lowest BCUT2D eigenvalue weighted by Crippen LogP contribution is -2.32. The zero-order valence-corrected chi connectivity index (χ0v) is 16.5. The Morgan fingerprint density at radius 2 is 2.19 bits per heavy atom. The van der Waals surface area contributed by atoms with Gasteiger partial charge in [0.2, 0.25) is 5.91 Å². The number of nitrogens with zero attached hydrogens (tertiary/aromatic N) is 3. The molecule has 0 unspecified atom stereocenters. The Balaban J connectivity index is 1.56. The summed E-state index contributed by atoms with van der Waals surface area (Å²) >= 11 is 2.92. The van der Waals surface area contributed by atoms with E-state index in [1.165, 1.54) is 27.6 Å². The molecule has 2 aliphatic rings. The average molecular weight is 406 g/mol. The molecule has 27 heavy (non-hydrogen) atoms. The van der Waals surface area contributed by atoms with Gasteiger partial charge in [-0.05, 0) is 31.7 Å². The third-order valence-electron chi connectivity index (χ3n) is 4.69. The number of thiophene rings is 1. The average Bonchev–Trinajstić information content (AvgIpc) is 3.30. The van der Waals surface area contributed by atoms with Crippen LogP contribution in [0.3, 0.4) is 0 Å². The van der Waals surface area contributed by atoms with Crippen molar-refractivity contribution in [1.29, 1.82) is 0 Å². The van der Waals surface area contributed by atoms with Crippen molar-refractivity contribution in [3.8, 4) is 0 Å². The Bertz CT molecular complexity index is 1010. The first-order chi connectivity index (χ1) is 13.1. The predicted octanol–water partition coefficient (Wildman–Crippen LogP) is 1.93. The Kier molecular flexibility index (Phi) is 5.05. The predicted molar refractivity (Wildman–Crippen MR) is 105 cm³/mol. The molecule has 7 nitrogen and oxygen atoms in total. The summed E-state index contributed by atoms with van der Waals surface area (Å²) in [5.74, 6) is -0.252. The van der Waals surface area contributed by atoms with E-state index in [1.807, 2.05) is 0 Å². The zero-order chi connectivity index (χ0) is 19.0. The van der Waals surface area contributed by atoms with Gasteiger partial charge in [0.25, 0.3) is 5.56 Å². The van der Waals surface area contributed by atoms with Crippen LogP contribution in [0.1, 0.15) is 23.8 Å². The second-order valence-corrected chi connectivity index (χ2v) is 8.43. The summed E-state index contributed by atoms with van der Waals surface area (Å²) in [4.78, 5) is 44.8. The molecule has 2 aromatic rings. The largest absolute Gasteiger partial charge is 0.463 e. The van der Waals surface area contributed by atoms with E-state index in [1.54, 1.807) is 29.2 Å². The molecular formula is C18H19N3O4S2. The molecule has 0 spiro atoms. The lowest BCUT2D eigenvalue weighted by molar-refractivity contribution is -0.137. The molecule has 0 atom stereocenters. The van der Waals surface area contributed by atoms with Crippen LogP contribution in [0.15, 0.2) is 22.2 Å². The molecule has 1 aliphatic heterocycles. The summed E-state index contributed by atoms with van der Waals surface area (Å²) in [6.45, 7) is 2.67. The van der Waals surface area contributed by atoms with E-state index in [0.29, 0.717) is 18.1 Å². The number of hydrogen-bond acceptors (Lipinski definition) is 7. The fourth-order valence-electron chi connectivity index (χ4n) is 3.44. The summed E-state index contributed by atoms with van der Waals surface area (Å²) in [6.07, 6.45) is 5.95. The SMILES string of the molecule is CCOC(=O)/C=C1\SCC(=O)N1CCn1cnc2sc3c(c2c1=O)CCC3. The maximum atomic E-state index is 12.9. The zero-order valence-electron chi connectivity index (χ0n) is 14.9. The van der Waals surface area contributed by atoms with Gasteiger partial charge in [-0.15, -0.1) is 11.3 Å². The number of ether oxygens (including phenoxy) is 1. The lowest BCUT2D eigenvalue weighted by atomic mass is 10.2. The van der Waals surface area contributed by atoms with Crippen molar-refractivity contribution in [1.82, 2.24) is 14.5 Å². The molecule has 142 valence electrons. The van der Waals surface area contributed by atoms with Crippen molar-refractivity contribution >= 4 is 45.2 Å². The highest BCUT2D eigenvalue weighted by molar-refractivity contribution is 8.04. The molecule has 0 N–H and O–H groups in total. The Morgan fingerprint density at radius 1 is 1.33 bits per heavy atom. The topological polar surface area (TPSA) is 81.5 Å². The number of fused-ring (bicyclic) bond motifs is 3. The molecule has 1 amide bonds. The first-order valence-corrected chi connectivity index (χ1v) is 10.7. The molecule has 1 aliphatic carbocycles. The van der Waals surface area contributed by atoms with Crippen LogP contribution in [-0.4, -0.2) is 45.2 Å². The van der Waals surface area contributed by atoms with Crippen LogP contribution in [0, 0.1) is 0 Å². The van der Waals surface area contributed by atoms with E-state index in [2.05, 4.69) is 4.98 Å². The summed E-state index contributed by atoms with van der Waals surface area (Å²) in [5, 5.41) is 1.30. The summed E-state index contributed by atoms with van der Waals surface area (Å²) in [6, 6.07) is 0. The van der Waals surface area contributed by atoms with Crippen molar-refractivity contribution in [3.05, 3.63) is 38.2 Å². The first-order valence-electron chi connectivity index (χ1n) is 8.89. The number of amides is 1. The highest BCUT2D eigenvalue weighted by Gasteiger charge is 2.28. The lowest BCUT2D eigenvalue weighted by Gasteiger charge is -2.17. The van der Waals surface area contributed by atoms with Gasteiger partial charge in [-0.2, -0.15) is 0 Å². The molecular weight excluding hydrogens is 386 g/mol. The Morgan fingerprint density at radius 3 is 3.00 bits per heavy atom. The number of rotatable bonds is 5. The molecule has 1 fully saturated rings. The molecule has 9 heteroatoms. The smallest absolute Gasteiger partial charge is 0.333 e. The normalized spacial score (nSPS) is 17.9. The minimum absolute atomic E-state index is 0.0466. The van der Waals surface area contributed by atoms with Crippen LogP contribution in [0.2, 0.25) is 0 Å². The van der Waals surface area contributed by atoms with Crippen molar-refractivity contribution < 1.29 is 14.3 Å². The van der Waals surface area contributed by atoms with Crippen molar-refractivity contribution in [3.63, 3.8) is 0 Å². The molecule has 0 radical (unpaired) electrons. The van der Waals surface area contributed by atoms with Crippen molar-refractivity contribution in [2.75, 3.05) is 18.9 Å². The molecule has 2 aromatic heterocycles. The number of thioether (sulfide) groups is 1. The highest BCUT2D eigenvalue weighted by Crippen LogP contribution is 2.34. The van der Waals surface area contributed by atoms with Crippen LogP contribution >= 0.6 is 23.1 Å². The van der Waals surface area contributed by atoms with E-state index in [4.69, 9.17) is 4.74 Å². The quantitative estimate of drug-likeness (QED) is 0.558. The maximum absolute atomic E-state index is 12.9. The number of hydrogen-bond donors (Lipinski definition) is 0. The van der Waals surface area contributed by atoms with E-state index in [0.717, 1.165) is 35.0 Å². The molecule has 0 saturated carbocycles. The third-order valence-corrected chi connectivity index (χ3v) is 6.92.